The van der Waals surface area contributed by atoms with Crippen molar-refractivity contribution >= 4 is 33.5 Å². The Bertz CT molecular complexity index is 1430. The second kappa shape index (κ2) is 7.26. The molecule has 5 heterocycles. The number of benzene rings is 1. The molecule has 9 nitrogen and oxygen atoms in total. The number of rotatable bonds is 2. The third-order valence-corrected chi connectivity index (χ3v) is 7.59. The van der Waals surface area contributed by atoms with Crippen LogP contribution in [0.25, 0.3) is 10.9 Å². The Kier molecular flexibility index (Phi) is 4.54. The molecule has 2 aromatic heterocycles. The van der Waals surface area contributed by atoms with Crippen LogP contribution in [-0.4, -0.2) is 38.8 Å². The van der Waals surface area contributed by atoms with Crippen molar-refractivity contribution in [1.82, 2.24) is 14.8 Å². The van der Waals surface area contributed by atoms with Crippen molar-refractivity contribution in [2.75, 3.05) is 13.4 Å². The lowest BCUT2D eigenvalue weighted by Crippen LogP contribution is -2.35. The normalized spacial score (nSPS) is 23.4. The molecule has 3 aromatic rings. The van der Waals surface area contributed by atoms with Gasteiger partial charge in [-0.05, 0) is 45.7 Å². The van der Waals surface area contributed by atoms with Crippen LogP contribution in [0.3, 0.4) is 0 Å². The van der Waals surface area contributed by atoms with Gasteiger partial charge in [-0.2, -0.15) is 0 Å². The molecule has 0 radical (unpaired) electrons. The van der Waals surface area contributed by atoms with Gasteiger partial charge in [0.25, 0.3) is 11.1 Å². The van der Waals surface area contributed by atoms with Crippen LogP contribution in [0.4, 0.5) is 5.82 Å². The summed E-state index contributed by atoms with van der Waals surface area (Å²) >= 11 is 1.42. The zero-order valence-corrected chi connectivity index (χ0v) is 19.4. The molecule has 2 N–H and O–H groups in total. The van der Waals surface area contributed by atoms with Crippen molar-refractivity contribution in [3.8, 4) is 11.5 Å². The van der Waals surface area contributed by atoms with E-state index in [2.05, 4.69) is 23.9 Å². The van der Waals surface area contributed by atoms with Crippen molar-refractivity contribution in [1.29, 1.82) is 0 Å². The number of aliphatic imine (C=N–C) groups is 1. The van der Waals surface area contributed by atoms with E-state index in [1.807, 2.05) is 23.7 Å². The van der Waals surface area contributed by atoms with Crippen molar-refractivity contribution in [2.24, 2.45) is 4.99 Å². The molecule has 33 heavy (non-hydrogen) atoms. The van der Waals surface area contributed by atoms with Gasteiger partial charge in [-0.1, -0.05) is 11.8 Å². The predicted octanol–water partition coefficient (Wildman–Crippen LogP) is 3.76. The summed E-state index contributed by atoms with van der Waals surface area (Å²) in [5.74, 6) is 1.85. The smallest absolute Gasteiger partial charge is 0.271 e. The lowest BCUT2D eigenvalue weighted by Gasteiger charge is -2.36. The Labute approximate surface area is 193 Å². The molecule has 0 unspecified atom stereocenters. The van der Waals surface area contributed by atoms with Gasteiger partial charge < -0.3 is 19.2 Å². The fraction of sp³-hybridized carbons (Fsp3) is 0.435. The minimum atomic E-state index is -0.464. The van der Waals surface area contributed by atoms with Crippen molar-refractivity contribution in [3.63, 3.8) is 0 Å². The highest BCUT2D eigenvalue weighted by atomic mass is 32.2. The number of aromatic amines is 2. The van der Waals surface area contributed by atoms with E-state index in [0.29, 0.717) is 40.6 Å². The fourth-order valence-corrected chi connectivity index (χ4v) is 6.03. The summed E-state index contributed by atoms with van der Waals surface area (Å²) in [6.45, 7) is 6.80. The van der Waals surface area contributed by atoms with E-state index < -0.39 is 5.25 Å². The topological polar surface area (TPSA) is 111 Å². The lowest BCUT2D eigenvalue weighted by atomic mass is 9.94. The second-order valence-corrected chi connectivity index (χ2v) is 10.6. The molecule has 6 rings (SSSR count). The summed E-state index contributed by atoms with van der Waals surface area (Å²) in [4.78, 5) is 34.0. The number of fused-ring (bicyclic) bond motifs is 3. The van der Waals surface area contributed by atoms with E-state index in [0.717, 1.165) is 23.3 Å². The first kappa shape index (κ1) is 20.6. The van der Waals surface area contributed by atoms with Gasteiger partial charge in [0.2, 0.25) is 6.79 Å². The molecule has 10 heteroatoms. The highest BCUT2D eigenvalue weighted by molar-refractivity contribution is 8.14. The number of pyridine rings is 1. The third kappa shape index (κ3) is 3.39. The number of H-pyrrole nitrogens is 2. The molecule has 1 saturated heterocycles. The van der Waals surface area contributed by atoms with Crippen LogP contribution in [0, 0.1) is 0 Å². The Morgan fingerprint density at radius 1 is 1.15 bits per heavy atom. The number of nitrogens with one attached hydrogen (secondary N) is 2. The van der Waals surface area contributed by atoms with Gasteiger partial charge in [-0.3, -0.25) is 19.4 Å². The Hall–Kier alpha value is -2.98. The highest BCUT2D eigenvalue weighted by Crippen LogP contribution is 2.45. The zero-order valence-electron chi connectivity index (χ0n) is 18.6. The van der Waals surface area contributed by atoms with E-state index in [1.54, 1.807) is 6.07 Å². The first-order valence-corrected chi connectivity index (χ1v) is 11.8. The molecule has 0 saturated carbocycles. The molecule has 0 amide bonds. The van der Waals surface area contributed by atoms with Gasteiger partial charge in [0, 0.05) is 23.6 Å². The van der Waals surface area contributed by atoms with Crippen molar-refractivity contribution in [2.45, 2.75) is 50.5 Å². The molecule has 2 atom stereocenters. The van der Waals surface area contributed by atoms with Crippen LogP contribution >= 0.6 is 11.8 Å². The standard InChI is InChI=1S/C23H24N4O5S/c1-11-24-20-18(22(29)26-27(20)13-4-5-32-23(2,3)9-13)19(33-11)14-6-12-7-16-17(31-10-30-16)8-15(12)25-21(14)28/h6-8,13,19H,4-5,9-10H2,1-3H3,(H,25,28)(H,26,29)/t13-,19-/m1/s1. The van der Waals surface area contributed by atoms with E-state index in [9.17, 15) is 9.59 Å². The molecule has 0 aliphatic carbocycles. The van der Waals surface area contributed by atoms with E-state index in [1.165, 1.54) is 11.8 Å². The Morgan fingerprint density at radius 2 is 1.94 bits per heavy atom. The van der Waals surface area contributed by atoms with Gasteiger partial charge in [0.1, 0.15) is 0 Å². The zero-order chi connectivity index (χ0) is 22.9. The number of nitrogens with zero attached hydrogens (tertiary/aromatic N) is 2. The van der Waals surface area contributed by atoms with Crippen LogP contribution in [0.2, 0.25) is 0 Å². The number of ether oxygens (including phenoxy) is 3. The molecule has 3 aliphatic heterocycles. The largest absolute Gasteiger partial charge is 0.454 e. The van der Waals surface area contributed by atoms with Crippen molar-refractivity contribution in [3.05, 3.63) is 50.0 Å². The minimum Gasteiger partial charge on any atom is -0.454 e. The van der Waals surface area contributed by atoms with Crippen LogP contribution < -0.4 is 20.6 Å². The van der Waals surface area contributed by atoms with Gasteiger partial charge >= 0.3 is 0 Å². The molecular formula is C23H24N4O5S. The third-order valence-electron chi connectivity index (χ3n) is 6.43. The number of aromatic nitrogens is 3. The van der Waals surface area contributed by atoms with E-state index in [-0.39, 0.29) is 29.6 Å². The van der Waals surface area contributed by atoms with Crippen LogP contribution in [0.5, 0.6) is 11.5 Å². The Morgan fingerprint density at radius 3 is 2.73 bits per heavy atom. The maximum atomic E-state index is 13.2. The highest BCUT2D eigenvalue weighted by Gasteiger charge is 2.36. The molecule has 0 bridgehead atoms. The second-order valence-electron chi connectivity index (χ2n) is 9.28. The summed E-state index contributed by atoms with van der Waals surface area (Å²) in [5, 5.41) is 4.17. The van der Waals surface area contributed by atoms with E-state index >= 15 is 0 Å². The monoisotopic (exact) mass is 468 g/mol. The quantitative estimate of drug-likeness (QED) is 0.593. The average Bonchev–Trinajstić information content (AvgIpc) is 3.34. The summed E-state index contributed by atoms with van der Waals surface area (Å²) in [6.07, 6.45) is 1.55. The summed E-state index contributed by atoms with van der Waals surface area (Å²) < 4.78 is 18.7. The van der Waals surface area contributed by atoms with Crippen molar-refractivity contribution < 1.29 is 14.2 Å². The average molecular weight is 469 g/mol. The first-order chi connectivity index (χ1) is 15.8. The Balaban J connectivity index is 1.48. The van der Waals surface area contributed by atoms with Crippen LogP contribution in [0.15, 0.2) is 32.8 Å². The molecule has 3 aliphatic rings. The number of thioether (sulfide) groups is 1. The fourth-order valence-electron chi connectivity index (χ4n) is 4.92. The van der Waals surface area contributed by atoms with E-state index in [4.69, 9.17) is 19.2 Å². The SMILES string of the molecule is CC1=Nc2c(c(=O)[nH]n2[C@@H]2CCOC(C)(C)C2)[C@@H](c2cc3cc4c(cc3[nH]c2=O)OCO4)S1. The lowest BCUT2D eigenvalue weighted by molar-refractivity contribution is -0.0705. The molecule has 0 spiro atoms. The molecular weight excluding hydrogens is 444 g/mol. The van der Waals surface area contributed by atoms with Gasteiger partial charge in [0.05, 0.1) is 33.0 Å². The molecule has 1 aromatic carbocycles. The summed E-state index contributed by atoms with van der Waals surface area (Å²) in [6, 6.07) is 5.53. The minimum absolute atomic E-state index is 0.0696. The van der Waals surface area contributed by atoms with Crippen LogP contribution in [-0.2, 0) is 4.74 Å². The molecule has 172 valence electrons. The molecule has 1 fully saturated rings. The van der Waals surface area contributed by atoms with Crippen LogP contribution in [0.1, 0.15) is 56.0 Å². The number of hydrogen-bond donors (Lipinski definition) is 2. The van der Waals surface area contributed by atoms with Gasteiger partial charge in [0.15, 0.2) is 17.3 Å². The predicted molar refractivity (Wildman–Crippen MR) is 126 cm³/mol. The summed E-state index contributed by atoms with van der Waals surface area (Å²) in [7, 11) is 0. The summed E-state index contributed by atoms with van der Waals surface area (Å²) in [5.41, 5.74) is 0.959. The maximum Gasteiger partial charge on any atom is 0.271 e. The van der Waals surface area contributed by atoms with Gasteiger partial charge in [-0.15, -0.1) is 0 Å². The van der Waals surface area contributed by atoms with Gasteiger partial charge in [-0.25, -0.2) is 4.99 Å². The number of hydrogen-bond acceptors (Lipinski definition) is 7. The first-order valence-electron chi connectivity index (χ1n) is 11.0. The maximum absolute atomic E-state index is 13.2.